The molecular formula is C18H26N4O4S. The largest absolute Gasteiger partial charge is 0.342 e. The van der Waals surface area contributed by atoms with Gasteiger partial charge in [0.1, 0.15) is 0 Å². The third-order valence-electron chi connectivity index (χ3n) is 5.56. The normalized spacial score (nSPS) is 25.7. The third kappa shape index (κ3) is 3.99. The van der Waals surface area contributed by atoms with Gasteiger partial charge >= 0.3 is 0 Å². The lowest BCUT2D eigenvalue weighted by Crippen LogP contribution is -2.55. The highest BCUT2D eigenvalue weighted by molar-refractivity contribution is 7.89. The van der Waals surface area contributed by atoms with Crippen LogP contribution < -0.4 is 15.8 Å². The number of carbonyl (C=O) groups excluding carboxylic acids is 2. The van der Waals surface area contributed by atoms with Crippen LogP contribution in [0.2, 0.25) is 0 Å². The van der Waals surface area contributed by atoms with E-state index in [9.17, 15) is 18.0 Å². The molecule has 0 radical (unpaired) electrons. The summed E-state index contributed by atoms with van der Waals surface area (Å²) in [6.07, 6.45) is 0.848. The van der Waals surface area contributed by atoms with Crippen molar-refractivity contribution in [3.05, 3.63) is 24.3 Å². The number of carbonyl (C=O) groups is 2. The van der Waals surface area contributed by atoms with Crippen LogP contribution in [0.4, 0.5) is 5.69 Å². The second-order valence-corrected chi connectivity index (χ2v) is 9.65. The highest BCUT2D eigenvalue weighted by Gasteiger charge is 2.41. The highest BCUT2D eigenvalue weighted by atomic mass is 32.2. The Hall–Kier alpha value is -1.97. The van der Waals surface area contributed by atoms with Gasteiger partial charge in [-0.1, -0.05) is 19.9 Å². The van der Waals surface area contributed by atoms with Crippen LogP contribution in [0, 0.1) is 11.3 Å². The van der Waals surface area contributed by atoms with Crippen LogP contribution in [-0.4, -0.2) is 50.8 Å². The van der Waals surface area contributed by atoms with Gasteiger partial charge < -0.3 is 15.5 Å². The van der Waals surface area contributed by atoms with Gasteiger partial charge in [-0.2, -0.15) is 0 Å². The summed E-state index contributed by atoms with van der Waals surface area (Å²) in [5.74, 6) is -0.693. The molecule has 0 bridgehead atoms. The lowest BCUT2D eigenvalue weighted by atomic mass is 9.79. The van der Waals surface area contributed by atoms with E-state index in [-0.39, 0.29) is 41.1 Å². The second kappa shape index (κ2) is 6.88. The van der Waals surface area contributed by atoms with E-state index in [0.29, 0.717) is 18.8 Å². The summed E-state index contributed by atoms with van der Waals surface area (Å²) in [6, 6.07) is 5.96. The molecule has 2 fully saturated rings. The number of nitrogens with two attached hydrogens (primary N) is 2. The van der Waals surface area contributed by atoms with Gasteiger partial charge in [0.2, 0.25) is 21.8 Å². The van der Waals surface area contributed by atoms with Gasteiger partial charge in [-0.3, -0.25) is 9.59 Å². The Balaban J connectivity index is 1.75. The minimum Gasteiger partial charge on any atom is -0.342 e. The summed E-state index contributed by atoms with van der Waals surface area (Å²) in [5, 5.41) is 5.17. The number of anilines is 1. The van der Waals surface area contributed by atoms with Crippen molar-refractivity contribution in [3.8, 4) is 0 Å². The van der Waals surface area contributed by atoms with Crippen molar-refractivity contribution in [2.45, 2.75) is 37.6 Å². The minimum absolute atomic E-state index is 0.0456. The summed E-state index contributed by atoms with van der Waals surface area (Å²) in [4.78, 5) is 28.6. The molecule has 8 nitrogen and oxygen atoms in total. The summed E-state index contributed by atoms with van der Waals surface area (Å²) in [5.41, 5.74) is 6.40. The van der Waals surface area contributed by atoms with Crippen molar-refractivity contribution in [3.63, 3.8) is 0 Å². The molecule has 2 aliphatic heterocycles. The fourth-order valence-corrected chi connectivity index (χ4v) is 4.32. The molecule has 0 saturated carbocycles. The first-order valence-corrected chi connectivity index (χ1v) is 10.5. The fraction of sp³-hybridized carbons (Fsp3) is 0.556. The lowest BCUT2D eigenvalue weighted by Gasteiger charge is -2.43. The number of hydrogen-bond donors (Lipinski definition) is 2. The summed E-state index contributed by atoms with van der Waals surface area (Å²) in [6.45, 7) is 5.48. The Morgan fingerprint density at radius 3 is 2.63 bits per heavy atom. The smallest absolute Gasteiger partial charge is 0.238 e. The lowest BCUT2D eigenvalue weighted by molar-refractivity contribution is -0.139. The van der Waals surface area contributed by atoms with Crippen LogP contribution in [0.1, 0.15) is 26.7 Å². The Morgan fingerprint density at radius 2 is 2.00 bits per heavy atom. The Kier molecular flexibility index (Phi) is 5.04. The molecule has 2 unspecified atom stereocenters. The number of primary sulfonamides is 1. The van der Waals surface area contributed by atoms with E-state index in [1.165, 1.54) is 23.1 Å². The molecule has 27 heavy (non-hydrogen) atoms. The van der Waals surface area contributed by atoms with Crippen molar-refractivity contribution in [2.75, 3.05) is 24.5 Å². The molecule has 2 heterocycles. The van der Waals surface area contributed by atoms with Crippen molar-refractivity contribution >= 4 is 27.5 Å². The zero-order chi connectivity index (χ0) is 20.0. The summed E-state index contributed by atoms with van der Waals surface area (Å²) < 4.78 is 23.1. The summed E-state index contributed by atoms with van der Waals surface area (Å²) >= 11 is 0. The first-order valence-electron chi connectivity index (χ1n) is 8.96. The molecular weight excluding hydrogens is 368 g/mol. The molecule has 2 aliphatic rings. The number of hydrogen-bond acceptors (Lipinski definition) is 5. The molecule has 148 valence electrons. The molecule has 3 rings (SSSR count). The number of sulfonamides is 1. The third-order valence-corrected chi connectivity index (χ3v) is 6.47. The van der Waals surface area contributed by atoms with Crippen molar-refractivity contribution in [2.24, 2.45) is 22.2 Å². The number of amides is 2. The Morgan fingerprint density at radius 1 is 1.30 bits per heavy atom. The van der Waals surface area contributed by atoms with Gasteiger partial charge in [0.25, 0.3) is 0 Å². The zero-order valence-electron chi connectivity index (χ0n) is 15.6. The van der Waals surface area contributed by atoms with E-state index >= 15 is 0 Å². The van der Waals surface area contributed by atoms with E-state index < -0.39 is 15.9 Å². The van der Waals surface area contributed by atoms with Crippen LogP contribution in [0.25, 0.3) is 0 Å². The molecule has 0 spiro atoms. The highest BCUT2D eigenvalue weighted by Crippen LogP contribution is 2.32. The van der Waals surface area contributed by atoms with E-state index in [1.807, 2.05) is 13.8 Å². The predicted octanol–water partition coefficient (Wildman–Crippen LogP) is 0.273. The van der Waals surface area contributed by atoms with E-state index in [2.05, 4.69) is 0 Å². The second-order valence-electron chi connectivity index (χ2n) is 8.09. The maximum Gasteiger partial charge on any atom is 0.238 e. The molecule has 0 aromatic heterocycles. The van der Waals surface area contributed by atoms with Crippen LogP contribution >= 0.6 is 0 Å². The minimum atomic E-state index is -3.86. The van der Waals surface area contributed by atoms with Gasteiger partial charge in [0.05, 0.1) is 10.8 Å². The first-order chi connectivity index (χ1) is 12.5. The SMILES string of the molecule is CC1(C)CN(C(=O)C2CC(=O)N(c3cccc(S(N)(=O)=O)c3)C2)CCC1N. The molecule has 9 heteroatoms. The van der Waals surface area contributed by atoms with Gasteiger partial charge in [0, 0.05) is 37.8 Å². The van der Waals surface area contributed by atoms with Gasteiger partial charge in [-0.25, -0.2) is 13.6 Å². The topological polar surface area (TPSA) is 127 Å². The molecule has 2 saturated heterocycles. The van der Waals surface area contributed by atoms with E-state index in [0.717, 1.165) is 6.42 Å². The van der Waals surface area contributed by atoms with Gasteiger partial charge in [-0.15, -0.1) is 0 Å². The molecule has 4 N–H and O–H groups in total. The number of benzene rings is 1. The number of likely N-dealkylation sites (tertiary alicyclic amines) is 1. The zero-order valence-corrected chi connectivity index (χ0v) is 16.4. The van der Waals surface area contributed by atoms with Crippen LogP contribution in [0.3, 0.4) is 0 Å². The Bertz CT molecular complexity index is 868. The molecule has 2 atom stereocenters. The van der Waals surface area contributed by atoms with E-state index in [1.54, 1.807) is 11.0 Å². The average molecular weight is 394 g/mol. The van der Waals surface area contributed by atoms with Gasteiger partial charge in [-0.05, 0) is 30.0 Å². The fourth-order valence-electron chi connectivity index (χ4n) is 3.77. The number of piperidine rings is 1. The van der Waals surface area contributed by atoms with Crippen molar-refractivity contribution in [1.29, 1.82) is 0 Å². The first kappa shape index (κ1) is 19.8. The van der Waals surface area contributed by atoms with E-state index in [4.69, 9.17) is 10.9 Å². The van der Waals surface area contributed by atoms with Crippen LogP contribution in [-0.2, 0) is 19.6 Å². The average Bonchev–Trinajstić information content (AvgIpc) is 2.98. The quantitative estimate of drug-likeness (QED) is 0.761. The molecule has 2 amide bonds. The van der Waals surface area contributed by atoms with Crippen molar-refractivity contribution < 1.29 is 18.0 Å². The van der Waals surface area contributed by atoms with Crippen molar-refractivity contribution in [1.82, 2.24) is 4.90 Å². The van der Waals surface area contributed by atoms with Crippen LogP contribution in [0.5, 0.6) is 0 Å². The maximum atomic E-state index is 12.9. The standard InChI is InChI=1S/C18H26N4O4S/c1-18(2)11-21(7-6-15(18)19)17(24)12-8-16(23)22(10-12)13-4-3-5-14(9-13)27(20,25)26/h3-5,9,12,15H,6-8,10-11,19H2,1-2H3,(H2,20,25,26). The maximum absolute atomic E-state index is 12.9. The summed E-state index contributed by atoms with van der Waals surface area (Å²) in [7, 11) is -3.86. The molecule has 1 aromatic carbocycles. The monoisotopic (exact) mass is 394 g/mol. The molecule has 1 aromatic rings. The number of rotatable bonds is 3. The predicted molar refractivity (Wildman–Crippen MR) is 101 cm³/mol. The molecule has 0 aliphatic carbocycles. The number of nitrogens with zero attached hydrogens (tertiary/aromatic N) is 2. The van der Waals surface area contributed by atoms with Gasteiger partial charge in [0.15, 0.2) is 0 Å². The van der Waals surface area contributed by atoms with Crippen LogP contribution in [0.15, 0.2) is 29.2 Å². The Labute approximate surface area is 159 Å².